The van der Waals surface area contributed by atoms with Crippen LogP contribution < -0.4 is 0 Å². The van der Waals surface area contributed by atoms with Gasteiger partial charge in [-0.1, -0.05) is 12.1 Å². The smallest absolute Gasteiger partial charge is 0.254 e. The second-order valence-electron chi connectivity index (χ2n) is 5.93. The molecule has 1 aromatic rings. The highest BCUT2D eigenvalue weighted by Crippen LogP contribution is 2.29. The molecule has 1 N–H and O–H groups in total. The second kappa shape index (κ2) is 6.69. The van der Waals surface area contributed by atoms with Gasteiger partial charge in [-0.15, -0.1) is 0 Å². The summed E-state index contributed by atoms with van der Waals surface area (Å²) in [6, 6.07) is 5.24. The number of aliphatic hydroxyl groups excluding tert-OH is 1. The van der Waals surface area contributed by atoms with Gasteiger partial charge in [-0.05, 0) is 43.9 Å². The average molecular weight is 315 g/mol. The SMILES string of the molecule is CC(F)(F)CC(=O)N1CCC[C@@H]1C[C@@H](O)c1ccc(F)cc1. The first-order chi connectivity index (χ1) is 10.3. The molecule has 2 atom stereocenters. The number of nitrogens with zero attached hydrogens (tertiary/aromatic N) is 1. The molecule has 0 unspecified atom stereocenters. The monoisotopic (exact) mass is 315 g/mol. The fourth-order valence-electron chi connectivity index (χ4n) is 2.85. The van der Waals surface area contributed by atoms with Gasteiger partial charge in [0.2, 0.25) is 5.91 Å². The third-order valence-electron chi connectivity index (χ3n) is 3.91. The number of carbonyl (C=O) groups excluding carboxylic acids is 1. The summed E-state index contributed by atoms with van der Waals surface area (Å²) in [7, 11) is 0. The van der Waals surface area contributed by atoms with Crippen LogP contribution in [0.1, 0.15) is 44.3 Å². The molecule has 22 heavy (non-hydrogen) atoms. The van der Waals surface area contributed by atoms with Crippen LogP contribution in [-0.4, -0.2) is 34.4 Å². The molecule has 1 aliphatic rings. The summed E-state index contributed by atoms with van der Waals surface area (Å²) in [5, 5.41) is 10.2. The molecule has 1 fully saturated rings. The molecule has 1 heterocycles. The Kier molecular flexibility index (Phi) is 5.11. The summed E-state index contributed by atoms with van der Waals surface area (Å²) >= 11 is 0. The molecule has 6 heteroatoms. The molecule has 122 valence electrons. The molecular formula is C16H20F3NO2. The van der Waals surface area contributed by atoms with Gasteiger partial charge in [0.05, 0.1) is 12.5 Å². The van der Waals surface area contributed by atoms with E-state index in [4.69, 9.17) is 0 Å². The van der Waals surface area contributed by atoms with Crippen molar-refractivity contribution in [1.82, 2.24) is 4.90 Å². The second-order valence-corrected chi connectivity index (χ2v) is 5.93. The van der Waals surface area contributed by atoms with Gasteiger partial charge in [-0.3, -0.25) is 4.79 Å². The van der Waals surface area contributed by atoms with E-state index in [9.17, 15) is 23.1 Å². The maximum Gasteiger partial charge on any atom is 0.254 e. The molecule has 1 saturated heterocycles. The normalized spacial score (nSPS) is 20.2. The summed E-state index contributed by atoms with van der Waals surface area (Å²) in [6.07, 6.45) is 0.0327. The van der Waals surface area contributed by atoms with Crippen LogP contribution in [0, 0.1) is 5.82 Å². The Balaban J connectivity index is 1.98. The van der Waals surface area contributed by atoms with Crippen molar-refractivity contribution in [2.45, 2.75) is 50.7 Å². The number of hydrogen-bond donors (Lipinski definition) is 1. The zero-order valence-electron chi connectivity index (χ0n) is 12.4. The van der Waals surface area contributed by atoms with Crippen molar-refractivity contribution in [3.63, 3.8) is 0 Å². The van der Waals surface area contributed by atoms with Crippen LogP contribution in [0.2, 0.25) is 0 Å². The van der Waals surface area contributed by atoms with Crippen LogP contribution in [0.4, 0.5) is 13.2 Å². The molecule has 0 aliphatic carbocycles. The third-order valence-corrected chi connectivity index (χ3v) is 3.91. The zero-order chi connectivity index (χ0) is 16.3. The van der Waals surface area contributed by atoms with Crippen LogP contribution >= 0.6 is 0 Å². The van der Waals surface area contributed by atoms with Crippen molar-refractivity contribution in [2.24, 2.45) is 0 Å². The molecule has 0 spiro atoms. The van der Waals surface area contributed by atoms with Crippen LogP contribution in [0.5, 0.6) is 0 Å². The van der Waals surface area contributed by atoms with E-state index >= 15 is 0 Å². The minimum absolute atomic E-state index is 0.255. The molecule has 0 aromatic heterocycles. The number of alkyl halides is 2. The van der Waals surface area contributed by atoms with Crippen molar-refractivity contribution in [3.05, 3.63) is 35.6 Å². The highest BCUT2D eigenvalue weighted by molar-refractivity contribution is 5.77. The van der Waals surface area contributed by atoms with Gasteiger partial charge in [0.15, 0.2) is 0 Å². The first-order valence-electron chi connectivity index (χ1n) is 7.37. The Morgan fingerprint density at radius 1 is 1.41 bits per heavy atom. The minimum Gasteiger partial charge on any atom is -0.388 e. The summed E-state index contributed by atoms with van der Waals surface area (Å²) < 4.78 is 38.8. The predicted molar refractivity (Wildman–Crippen MR) is 75.9 cm³/mol. The van der Waals surface area contributed by atoms with E-state index in [1.165, 1.54) is 29.2 Å². The number of amides is 1. The lowest BCUT2D eigenvalue weighted by molar-refractivity contribution is -0.139. The van der Waals surface area contributed by atoms with Gasteiger partial charge in [-0.2, -0.15) is 0 Å². The molecule has 1 amide bonds. The highest BCUT2D eigenvalue weighted by Gasteiger charge is 2.35. The lowest BCUT2D eigenvalue weighted by atomic mass is 10.00. The Hall–Kier alpha value is -1.56. The predicted octanol–water partition coefficient (Wildman–Crippen LogP) is 3.29. The molecule has 1 aromatic carbocycles. The number of aliphatic hydroxyl groups is 1. The standard InChI is InChI=1S/C16H20F3NO2/c1-16(18,19)10-15(22)20-8-2-3-13(20)9-14(21)11-4-6-12(17)7-5-11/h4-7,13-14,21H,2-3,8-10H2,1H3/t13-,14-/m1/s1. The van der Waals surface area contributed by atoms with E-state index in [0.29, 0.717) is 18.5 Å². The maximum absolute atomic E-state index is 13.0. The quantitative estimate of drug-likeness (QED) is 0.906. The maximum atomic E-state index is 13.0. The largest absolute Gasteiger partial charge is 0.388 e. The Labute approximate surface area is 127 Å². The number of carbonyl (C=O) groups is 1. The van der Waals surface area contributed by atoms with Gasteiger partial charge in [0, 0.05) is 12.6 Å². The summed E-state index contributed by atoms with van der Waals surface area (Å²) in [6.45, 7) is 1.17. The van der Waals surface area contributed by atoms with Crippen molar-refractivity contribution in [2.75, 3.05) is 6.54 Å². The molecule has 0 radical (unpaired) electrons. The van der Waals surface area contributed by atoms with Gasteiger partial charge in [0.1, 0.15) is 5.82 Å². The van der Waals surface area contributed by atoms with Crippen molar-refractivity contribution < 1.29 is 23.1 Å². The fraction of sp³-hybridized carbons (Fsp3) is 0.562. The highest BCUT2D eigenvalue weighted by atomic mass is 19.3. The van der Waals surface area contributed by atoms with E-state index in [-0.39, 0.29) is 12.5 Å². The topological polar surface area (TPSA) is 40.5 Å². The molecule has 0 saturated carbocycles. The van der Waals surface area contributed by atoms with E-state index < -0.39 is 30.2 Å². The number of halogens is 3. The summed E-state index contributed by atoms with van der Waals surface area (Å²) in [5.74, 6) is -4.00. The van der Waals surface area contributed by atoms with E-state index in [1.54, 1.807) is 0 Å². The van der Waals surface area contributed by atoms with E-state index in [1.807, 2.05) is 0 Å². The van der Waals surface area contributed by atoms with Gasteiger partial charge >= 0.3 is 0 Å². The van der Waals surface area contributed by atoms with Crippen LogP contribution in [-0.2, 0) is 4.79 Å². The lowest BCUT2D eigenvalue weighted by Gasteiger charge is -2.27. The molecule has 2 rings (SSSR count). The van der Waals surface area contributed by atoms with Gasteiger partial charge in [0.25, 0.3) is 5.92 Å². The molecular weight excluding hydrogens is 295 g/mol. The minimum atomic E-state index is -3.03. The Bertz CT molecular complexity index is 513. The lowest BCUT2D eigenvalue weighted by Crippen LogP contribution is -2.38. The van der Waals surface area contributed by atoms with Crippen LogP contribution in [0.15, 0.2) is 24.3 Å². The summed E-state index contributed by atoms with van der Waals surface area (Å²) in [5.41, 5.74) is 0.557. The zero-order valence-corrected chi connectivity index (χ0v) is 12.4. The molecule has 0 bridgehead atoms. The first kappa shape index (κ1) is 16.8. The number of likely N-dealkylation sites (tertiary alicyclic amines) is 1. The number of hydrogen-bond acceptors (Lipinski definition) is 2. The number of benzene rings is 1. The number of rotatable bonds is 5. The van der Waals surface area contributed by atoms with Gasteiger partial charge in [-0.25, -0.2) is 13.2 Å². The van der Waals surface area contributed by atoms with Crippen LogP contribution in [0.25, 0.3) is 0 Å². The van der Waals surface area contributed by atoms with Crippen molar-refractivity contribution in [3.8, 4) is 0 Å². The van der Waals surface area contributed by atoms with E-state index in [2.05, 4.69) is 0 Å². The average Bonchev–Trinajstić information content (AvgIpc) is 2.85. The molecule has 3 nitrogen and oxygen atoms in total. The molecule has 1 aliphatic heterocycles. The van der Waals surface area contributed by atoms with Gasteiger partial charge < -0.3 is 10.0 Å². The van der Waals surface area contributed by atoms with Crippen molar-refractivity contribution >= 4 is 5.91 Å². The van der Waals surface area contributed by atoms with E-state index in [0.717, 1.165) is 13.3 Å². The first-order valence-corrected chi connectivity index (χ1v) is 7.37. The Morgan fingerprint density at radius 3 is 2.64 bits per heavy atom. The Morgan fingerprint density at radius 2 is 2.05 bits per heavy atom. The van der Waals surface area contributed by atoms with Crippen molar-refractivity contribution in [1.29, 1.82) is 0 Å². The fourth-order valence-corrected chi connectivity index (χ4v) is 2.85. The van der Waals surface area contributed by atoms with Crippen LogP contribution in [0.3, 0.4) is 0 Å². The summed E-state index contributed by atoms with van der Waals surface area (Å²) in [4.78, 5) is 13.4. The third kappa shape index (κ3) is 4.47.